The topological polar surface area (TPSA) is 24.9 Å². The standard InChI is InChI=1S/C13H16N2S/c1-2-14-13-15-12-10-6-4-3-5-9(10)7-8-11(12)16-13/h7-8H,2-6H2,1H3,(H,14,15). The Labute approximate surface area is 99.7 Å². The molecule has 2 aromatic rings. The number of benzene rings is 1. The Morgan fingerprint density at radius 2 is 2.19 bits per heavy atom. The zero-order valence-corrected chi connectivity index (χ0v) is 10.4. The first-order valence-electron chi connectivity index (χ1n) is 6.03. The van der Waals surface area contributed by atoms with Crippen LogP contribution in [0.3, 0.4) is 0 Å². The first-order chi connectivity index (χ1) is 7.88. The minimum Gasteiger partial charge on any atom is -0.362 e. The van der Waals surface area contributed by atoms with Gasteiger partial charge in [-0.3, -0.25) is 0 Å². The maximum absolute atomic E-state index is 4.72. The van der Waals surface area contributed by atoms with Crippen molar-refractivity contribution in [2.24, 2.45) is 0 Å². The third-order valence-corrected chi connectivity index (χ3v) is 4.19. The smallest absolute Gasteiger partial charge is 0.183 e. The van der Waals surface area contributed by atoms with E-state index in [1.807, 2.05) is 0 Å². The molecule has 1 aliphatic carbocycles. The lowest BCUT2D eigenvalue weighted by Crippen LogP contribution is -2.03. The fraction of sp³-hybridized carbons (Fsp3) is 0.462. The largest absolute Gasteiger partial charge is 0.362 e. The first kappa shape index (κ1) is 10.1. The van der Waals surface area contributed by atoms with Gasteiger partial charge in [-0.25, -0.2) is 4.98 Å². The summed E-state index contributed by atoms with van der Waals surface area (Å²) in [4.78, 5) is 4.72. The molecule has 0 fully saturated rings. The molecule has 2 nitrogen and oxygen atoms in total. The van der Waals surface area contributed by atoms with Crippen molar-refractivity contribution in [3.63, 3.8) is 0 Å². The molecule has 0 unspecified atom stereocenters. The van der Waals surface area contributed by atoms with E-state index in [1.165, 1.54) is 47.0 Å². The molecule has 3 heteroatoms. The van der Waals surface area contributed by atoms with Gasteiger partial charge in [0.15, 0.2) is 5.13 Å². The number of hydrogen-bond donors (Lipinski definition) is 1. The van der Waals surface area contributed by atoms with Gasteiger partial charge in [0.05, 0.1) is 10.2 Å². The molecule has 16 heavy (non-hydrogen) atoms. The monoisotopic (exact) mass is 232 g/mol. The average molecular weight is 232 g/mol. The molecule has 1 heterocycles. The summed E-state index contributed by atoms with van der Waals surface area (Å²) in [6.07, 6.45) is 5.10. The summed E-state index contributed by atoms with van der Waals surface area (Å²) < 4.78 is 1.33. The quantitative estimate of drug-likeness (QED) is 0.855. The lowest BCUT2D eigenvalue weighted by atomic mass is 9.91. The molecule has 0 saturated carbocycles. The summed E-state index contributed by atoms with van der Waals surface area (Å²) in [6, 6.07) is 4.53. The van der Waals surface area contributed by atoms with Gasteiger partial charge in [0, 0.05) is 6.54 Å². The summed E-state index contributed by atoms with van der Waals surface area (Å²) in [7, 11) is 0. The van der Waals surface area contributed by atoms with Gasteiger partial charge in [-0.05, 0) is 49.8 Å². The molecule has 0 atom stereocenters. The van der Waals surface area contributed by atoms with Crippen LogP contribution in [0.15, 0.2) is 12.1 Å². The third kappa shape index (κ3) is 1.59. The Bertz CT molecular complexity index is 516. The molecule has 3 rings (SSSR count). The van der Waals surface area contributed by atoms with Crippen molar-refractivity contribution >= 4 is 26.7 Å². The SMILES string of the molecule is CCNc1nc2c3c(ccc2s1)CCCC3. The molecule has 0 aliphatic heterocycles. The van der Waals surface area contributed by atoms with E-state index in [1.54, 1.807) is 11.3 Å². The molecule has 84 valence electrons. The number of nitrogens with one attached hydrogen (secondary N) is 1. The van der Waals surface area contributed by atoms with E-state index in [0.717, 1.165) is 11.7 Å². The maximum Gasteiger partial charge on any atom is 0.183 e. The highest BCUT2D eigenvalue weighted by Crippen LogP contribution is 2.33. The van der Waals surface area contributed by atoms with Gasteiger partial charge in [0.2, 0.25) is 0 Å². The molecule has 1 aliphatic rings. The number of fused-ring (bicyclic) bond motifs is 3. The Morgan fingerprint density at radius 3 is 3.06 bits per heavy atom. The van der Waals surface area contributed by atoms with Gasteiger partial charge in [0.25, 0.3) is 0 Å². The zero-order chi connectivity index (χ0) is 11.0. The molecule has 0 amide bonds. The van der Waals surface area contributed by atoms with E-state index in [2.05, 4.69) is 24.4 Å². The average Bonchev–Trinajstić information content (AvgIpc) is 2.72. The predicted molar refractivity (Wildman–Crippen MR) is 70.4 cm³/mol. The number of hydrogen-bond acceptors (Lipinski definition) is 3. The molecule has 0 radical (unpaired) electrons. The van der Waals surface area contributed by atoms with Crippen LogP contribution in [0.4, 0.5) is 5.13 Å². The fourth-order valence-electron chi connectivity index (χ4n) is 2.45. The Morgan fingerprint density at radius 1 is 1.31 bits per heavy atom. The van der Waals surface area contributed by atoms with Crippen LogP contribution in [0.1, 0.15) is 30.9 Å². The van der Waals surface area contributed by atoms with Crippen molar-refractivity contribution in [2.75, 3.05) is 11.9 Å². The second kappa shape index (κ2) is 4.06. The number of thiazole rings is 1. The number of nitrogens with zero attached hydrogens (tertiary/aromatic N) is 1. The molecule has 1 aromatic carbocycles. The van der Waals surface area contributed by atoms with Crippen molar-refractivity contribution in [1.29, 1.82) is 0 Å². The Kier molecular flexibility index (Phi) is 2.56. The maximum atomic E-state index is 4.72. The van der Waals surface area contributed by atoms with Crippen LogP contribution in [-0.2, 0) is 12.8 Å². The van der Waals surface area contributed by atoms with Crippen LogP contribution < -0.4 is 5.32 Å². The summed E-state index contributed by atoms with van der Waals surface area (Å²) >= 11 is 1.77. The van der Waals surface area contributed by atoms with Crippen molar-refractivity contribution in [2.45, 2.75) is 32.6 Å². The van der Waals surface area contributed by atoms with Gasteiger partial charge in [-0.1, -0.05) is 17.4 Å². The number of anilines is 1. The molecular weight excluding hydrogens is 216 g/mol. The van der Waals surface area contributed by atoms with Gasteiger partial charge in [-0.2, -0.15) is 0 Å². The van der Waals surface area contributed by atoms with Crippen LogP contribution in [0.25, 0.3) is 10.2 Å². The number of aryl methyl sites for hydroxylation is 2. The summed E-state index contributed by atoms with van der Waals surface area (Å²) in [5, 5.41) is 4.38. The summed E-state index contributed by atoms with van der Waals surface area (Å²) in [5.74, 6) is 0. The van der Waals surface area contributed by atoms with E-state index in [-0.39, 0.29) is 0 Å². The number of aromatic nitrogens is 1. The predicted octanol–water partition coefficient (Wildman–Crippen LogP) is 3.61. The second-order valence-corrected chi connectivity index (χ2v) is 5.34. The summed E-state index contributed by atoms with van der Waals surface area (Å²) in [6.45, 7) is 3.06. The van der Waals surface area contributed by atoms with Gasteiger partial charge in [-0.15, -0.1) is 0 Å². The number of rotatable bonds is 2. The van der Waals surface area contributed by atoms with Gasteiger partial charge in [0.1, 0.15) is 0 Å². The van der Waals surface area contributed by atoms with E-state index < -0.39 is 0 Å². The van der Waals surface area contributed by atoms with Crippen LogP contribution >= 0.6 is 11.3 Å². The van der Waals surface area contributed by atoms with Crippen LogP contribution in [0, 0.1) is 0 Å². The lowest BCUT2D eigenvalue weighted by molar-refractivity contribution is 0.689. The highest BCUT2D eigenvalue weighted by molar-refractivity contribution is 7.22. The van der Waals surface area contributed by atoms with Crippen LogP contribution in [-0.4, -0.2) is 11.5 Å². The van der Waals surface area contributed by atoms with E-state index in [4.69, 9.17) is 4.98 Å². The fourth-order valence-corrected chi connectivity index (χ4v) is 3.41. The molecule has 1 N–H and O–H groups in total. The zero-order valence-electron chi connectivity index (χ0n) is 9.55. The molecule has 1 aromatic heterocycles. The first-order valence-corrected chi connectivity index (χ1v) is 6.85. The highest BCUT2D eigenvalue weighted by Gasteiger charge is 2.15. The van der Waals surface area contributed by atoms with E-state index in [0.29, 0.717) is 0 Å². The molecule has 0 spiro atoms. The van der Waals surface area contributed by atoms with Gasteiger partial charge < -0.3 is 5.32 Å². The van der Waals surface area contributed by atoms with Crippen LogP contribution in [0.2, 0.25) is 0 Å². The Hall–Kier alpha value is -1.09. The molecule has 0 saturated heterocycles. The third-order valence-electron chi connectivity index (χ3n) is 3.21. The minimum absolute atomic E-state index is 0.946. The molecule has 0 bridgehead atoms. The van der Waals surface area contributed by atoms with Crippen molar-refractivity contribution < 1.29 is 0 Å². The second-order valence-electron chi connectivity index (χ2n) is 4.31. The molecular formula is C13H16N2S. The minimum atomic E-state index is 0.946. The lowest BCUT2D eigenvalue weighted by Gasteiger charge is -2.15. The van der Waals surface area contributed by atoms with E-state index in [9.17, 15) is 0 Å². The van der Waals surface area contributed by atoms with Crippen molar-refractivity contribution in [3.05, 3.63) is 23.3 Å². The Balaban J connectivity index is 2.15. The summed E-state index contributed by atoms with van der Waals surface area (Å²) in [5.41, 5.74) is 4.27. The van der Waals surface area contributed by atoms with Gasteiger partial charge >= 0.3 is 0 Å². The van der Waals surface area contributed by atoms with Crippen molar-refractivity contribution in [3.8, 4) is 0 Å². The highest BCUT2D eigenvalue weighted by atomic mass is 32.1. The van der Waals surface area contributed by atoms with E-state index >= 15 is 0 Å². The van der Waals surface area contributed by atoms with Crippen molar-refractivity contribution in [1.82, 2.24) is 4.98 Å². The normalized spacial score (nSPS) is 15.1. The van der Waals surface area contributed by atoms with Crippen LogP contribution in [0.5, 0.6) is 0 Å².